The molecule has 1 saturated carbocycles. The second kappa shape index (κ2) is 8.26. The van der Waals surface area contributed by atoms with E-state index in [-0.39, 0.29) is 0 Å². The van der Waals surface area contributed by atoms with Gasteiger partial charge >= 0.3 is 0 Å². The maximum absolute atomic E-state index is 3.74. The van der Waals surface area contributed by atoms with Crippen molar-refractivity contribution in [2.24, 2.45) is 5.92 Å². The second-order valence-corrected chi connectivity index (χ2v) is 6.64. The molecule has 2 heteroatoms. The SMILES string of the molecule is CCCC1CCCCN1CC1CCCCC1NCC. The monoisotopic (exact) mass is 266 g/mol. The zero-order chi connectivity index (χ0) is 13.5. The van der Waals surface area contributed by atoms with Crippen LogP contribution in [-0.2, 0) is 0 Å². The van der Waals surface area contributed by atoms with Crippen LogP contribution in [0.1, 0.15) is 71.6 Å². The van der Waals surface area contributed by atoms with Crippen molar-refractivity contribution < 1.29 is 0 Å². The smallest absolute Gasteiger partial charge is 0.0107 e. The van der Waals surface area contributed by atoms with Crippen molar-refractivity contribution in [2.75, 3.05) is 19.6 Å². The Balaban J connectivity index is 1.88. The van der Waals surface area contributed by atoms with Crippen molar-refractivity contribution in [1.29, 1.82) is 0 Å². The lowest BCUT2D eigenvalue weighted by Gasteiger charge is -2.41. The third-order valence-corrected chi connectivity index (χ3v) is 5.22. The van der Waals surface area contributed by atoms with Gasteiger partial charge in [-0.25, -0.2) is 0 Å². The quantitative estimate of drug-likeness (QED) is 0.786. The molecule has 1 N–H and O–H groups in total. The average molecular weight is 266 g/mol. The van der Waals surface area contributed by atoms with Crippen molar-refractivity contribution in [3.8, 4) is 0 Å². The van der Waals surface area contributed by atoms with E-state index in [0.29, 0.717) is 0 Å². The summed E-state index contributed by atoms with van der Waals surface area (Å²) in [5.41, 5.74) is 0. The zero-order valence-electron chi connectivity index (χ0n) is 13.2. The average Bonchev–Trinajstić information content (AvgIpc) is 2.44. The Hall–Kier alpha value is -0.0800. The van der Waals surface area contributed by atoms with E-state index < -0.39 is 0 Å². The number of rotatable bonds is 6. The van der Waals surface area contributed by atoms with Crippen LogP contribution in [0.15, 0.2) is 0 Å². The highest BCUT2D eigenvalue weighted by molar-refractivity contribution is 4.86. The highest BCUT2D eigenvalue weighted by Crippen LogP contribution is 2.28. The van der Waals surface area contributed by atoms with Crippen molar-refractivity contribution in [3.63, 3.8) is 0 Å². The van der Waals surface area contributed by atoms with Gasteiger partial charge in [0.25, 0.3) is 0 Å². The summed E-state index contributed by atoms with van der Waals surface area (Å²) in [6.45, 7) is 8.46. The van der Waals surface area contributed by atoms with Gasteiger partial charge in [-0.15, -0.1) is 0 Å². The van der Waals surface area contributed by atoms with Crippen LogP contribution in [-0.4, -0.2) is 36.6 Å². The molecule has 0 bridgehead atoms. The van der Waals surface area contributed by atoms with Crippen molar-refractivity contribution in [1.82, 2.24) is 10.2 Å². The van der Waals surface area contributed by atoms with Crippen LogP contribution in [0.5, 0.6) is 0 Å². The molecule has 0 amide bonds. The van der Waals surface area contributed by atoms with Gasteiger partial charge in [0, 0.05) is 18.6 Å². The lowest BCUT2D eigenvalue weighted by atomic mass is 9.83. The van der Waals surface area contributed by atoms with Crippen molar-refractivity contribution >= 4 is 0 Å². The predicted molar refractivity (Wildman–Crippen MR) is 83.5 cm³/mol. The predicted octanol–water partition coefficient (Wildman–Crippen LogP) is 3.81. The molecule has 0 radical (unpaired) electrons. The first-order valence-electron chi connectivity index (χ1n) is 8.82. The van der Waals surface area contributed by atoms with Gasteiger partial charge in [0.1, 0.15) is 0 Å². The molecule has 2 aliphatic rings. The van der Waals surface area contributed by atoms with E-state index in [4.69, 9.17) is 0 Å². The molecule has 0 spiro atoms. The molecule has 112 valence electrons. The lowest BCUT2D eigenvalue weighted by Crippen LogP contribution is -2.48. The molecule has 1 saturated heterocycles. The Labute approximate surface area is 120 Å². The number of likely N-dealkylation sites (tertiary alicyclic amines) is 1. The highest BCUT2D eigenvalue weighted by atomic mass is 15.2. The Bertz CT molecular complexity index is 213. The topological polar surface area (TPSA) is 15.3 Å². The van der Waals surface area contributed by atoms with E-state index >= 15 is 0 Å². The van der Waals surface area contributed by atoms with Crippen LogP contribution in [0, 0.1) is 5.92 Å². The molecule has 2 nitrogen and oxygen atoms in total. The molecular weight excluding hydrogens is 232 g/mol. The molecule has 3 atom stereocenters. The van der Waals surface area contributed by atoms with Crippen LogP contribution in [0.25, 0.3) is 0 Å². The number of nitrogens with one attached hydrogen (secondary N) is 1. The number of hydrogen-bond donors (Lipinski definition) is 1. The first-order valence-corrected chi connectivity index (χ1v) is 8.82. The molecule has 2 rings (SSSR count). The van der Waals surface area contributed by atoms with Gasteiger partial charge in [0.2, 0.25) is 0 Å². The summed E-state index contributed by atoms with van der Waals surface area (Å²) >= 11 is 0. The minimum atomic E-state index is 0.794. The van der Waals surface area contributed by atoms with Crippen LogP contribution >= 0.6 is 0 Å². The summed E-state index contributed by atoms with van der Waals surface area (Å²) in [4.78, 5) is 2.84. The molecule has 1 aliphatic carbocycles. The first kappa shape index (κ1) is 15.3. The minimum Gasteiger partial charge on any atom is -0.314 e. The largest absolute Gasteiger partial charge is 0.314 e. The fourth-order valence-corrected chi connectivity index (χ4v) is 4.22. The van der Waals surface area contributed by atoms with E-state index in [1.165, 1.54) is 70.9 Å². The summed E-state index contributed by atoms with van der Waals surface area (Å²) < 4.78 is 0. The second-order valence-electron chi connectivity index (χ2n) is 6.64. The van der Waals surface area contributed by atoms with Gasteiger partial charge in [0.05, 0.1) is 0 Å². The summed E-state index contributed by atoms with van der Waals surface area (Å²) in [5.74, 6) is 0.908. The standard InChI is InChI=1S/C17H34N2/c1-3-9-16-11-7-8-13-19(16)14-15-10-5-6-12-17(15)18-4-2/h15-18H,3-14H2,1-2H3. The van der Waals surface area contributed by atoms with Gasteiger partial charge in [-0.3, -0.25) is 0 Å². The van der Waals surface area contributed by atoms with Crippen molar-refractivity contribution in [3.05, 3.63) is 0 Å². The van der Waals surface area contributed by atoms with Gasteiger partial charge in [-0.05, 0) is 51.1 Å². The van der Waals surface area contributed by atoms with E-state index in [0.717, 1.165) is 24.5 Å². The van der Waals surface area contributed by atoms with Crippen LogP contribution in [0.4, 0.5) is 0 Å². The highest BCUT2D eigenvalue weighted by Gasteiger charge is 2.29. The molecule has 0 aromatic rings. The summed E-state index contributed by atoms with van der Waals surface area (Å²) in [6.07, 6.45) is 12.9. The molecule has 0 aromatic heterocycles. The molecule has 1 aliphatic heterocycles. The normalized spacial score (nSPS) is 33.5. The Morgan fingerprint density at radius 1 is 1.00 bits per heavy atom. The van der Waals surface area contributed by atoms with E-state index in [9.17, 15) is 0 Å². The maximum atomic E-state index is 3.74. The van der Waals surface area contributed by atoms with Crippen LogP contribution < -0.4 is 5.32 Å². The molecule has 19 heavy (non-hydrogen) atoms. The number of nitrogens with zero attached hydrogens (tertiary/aromatic N) is 1. The fraction of sp³-hybridized carbons (Fsp3) is 1.00. The summed E-state index contributed by atoms with van der Waals surface area (Å²) in [6, 6.07) is 1.69. The molecule has 0 aromatic carbocycles. The molecule has 2 fully saturated rings. The third kappa shape index (κ3) is 4.46. The van der Waals surface area contributed by atoms with Crippen LogP contribution in [0.3, 0.4) is 0 Å². The van der Waals surface area contributed by atoms with Gasteiger partial charge in [0.15, 0.2) is 0 Å². The van der Waals surface area contributed by atoms with Gasteiger partial charge in [-0.2, -0.15) is 0 Å². The Kier molecular flexibility index (Phi) is 6.66. The molecule has 1 heterocycles. The van der Waals surface area contributed by atoms with Crippen molar-refractivity contribution in [2.45, 2.75) is 83.7 Å². The number of piperidine rings is 1. The Morgan fingerprint density at radius 2 is 1.79 bits per heavy atom. The minimum absolute atomic E-state index is 0.794. The Morgan fingerprint density at radius 3 is 2.58 bits per heavy atom. The lowest BCUT2D eigenvalue weighted by molar-refractivity contribution is 0.0939. The molecular formula is C17H34N2. The third-order valence-electron chi connectivity index (χ3n) is 5.22. The maximum Gasteiger partial charge on any atom is 0.0107 e. The van der Waals surface area contributed by atoms with E-state index in [1.54, 1.807) is 0 Å². The first-order chi connectivity index (χ1) is 9.35. The zero-order valence-corrected chi connectivity index (χ0v) is 13.2. The molecule has 3 unspecified atom stereocenters. The summed E-state index contributed by atoms with van der Waals surface area (Å²) in [7, 11) is 0. The number of hydrogen-bond acceptors (Lipinski definition) is 2. The van der Waals surface area contributed by atoms with Gasteiger partial charge < -0.3 is 10.2 Å². The van der Waals surface area contributed by atoms with E-state index in [2.05, 4.69) is 24.1 Å². The van der Waals surface area contributed by atoms with Crippen LogP contribution in [0.2, 0.25) is 0 Å². The van der Waals surface area contributed by atoms with E-state index in [1.807, 2.05) is 0 Å². The van der Waals surface area contributed by atoms with Gasteiger partial charge in [-0.1, -0.05) is 39.5 Å². The summed E-state index contributed by atoms with van der Waals surface area (Å²) in [5, 5.41) is 3.74. The fourth-order valence-electron chi connectivity index (χ4n) is 4.22.